The van der Waals surface area contributed by atoms with Crippen molar-refractivity contribution in [3.63, 3.8) is 0 Å². The summed E-state index contributed by atoms with van der Waals surface area (Å²) in [4.78, 5) is 18.6. The van der Waals surface area contributed by atoms with Crippen molar-refractivity contribution in [1.29, 1.82) is 0 Å². The van der Waals surface area contributed by atoms with E-state index in [2.05, 4.69) is 10.1 Å². The fraction of sp³-hybridized carbons (Fsp3) is 0.500. The summed E-state index contributed by atoms with van der Waals surface area (Å²) in [7, 11) is 3.36. The van der Waals surface area contributed by atoms with Gasteiger partial charge in [-0.2, -0.15) is 0 Å². The van der Waals surface area contributed by atoms with Crippen molar-refractivity contribution < 1.29 is 14.1 Å². The second-order valence-electron chi connectivity index (χ2n) is 7.03. The van der Waals surface area contributed by atoms with Crippen LogP contribution in [0.1, 0.15) is 53.8 Å². The van der Waals surface area contributed by atoms with Crippen molar-refractivity contribution in [2.24, 2.45) is 0 Å². The van der Waals surface area contributed by atoms with E-state index in [9.17, 15) is 4.79 Å². The molecule has 0 saturated heterocycles. The van der Waals surface area contributed by atoms with Gasteiger partial charge < -0.3 is 14.2 Å². The smallest absolute Gasteiger partial charge is 0.276 e. The van der Waals surface area contributed by atoms with Crippen LogP contribution < -0.4 is 4.74 Å². The molecule has 1 amide bonds. The molecular formula is C18H25N3O3. The van der Waals surface area contributed by atoms with E-state index in [1.807, 2.05) is 34.6 Å². The number of amides is 1. The Morgan fingerprint density at radius 1 is 1.33 bits per heavy atom. The zero-order valence-corrected chi connectivity index (χ0v) is 15.4. The molecule has 0 atom stereocenters. The van der Waals surface area contributed by atoms with Crippen LogP contribution in [0, 0.1) is 13.8 Å². The third-order valence-corrected chi connectivity index (χ3v) is 3.95. The van der Waals surface area contributed by atoms with Crippen LogP contribution in [0.25, 0.3) is 0 Å². The number of aryl methyl sites for hydroxylation is 1. The maximum Gasteiger partial charge on any atom is 0.276 e. The Balaban J connectivity index is 2.19. The van der Waals surface area contributed by atoms with Crippen LogP contribution >= 0.6 is 0 Å². The Morgan fingerprint density at radius 2 is 2.00 bits per heavy atom. The van der Waals surface area contributed by atoms with Crippen molar-refractivity contribution in [2.75, 3.05) is 14.2 Å². The van der Waals surface area contributed by atoms with Gasteiger partial charge in [0.15, 0.2) is 5.69 Å². The molecule has 6 nitrogen and oxygen atoms in total. The summed E-state index contributed by atoms with van der Waals surface area (Å²) < 4.78 is 10.7. The van der Waals surface area contributed by atoms with Gasteiger partial charge >= 0.3 is 0 Å². The Hall–Kier alpha value is -2.37. The number of ether oxygens (including phenoxy) is 1. The van der Waals surface area contributed by atoms with E-state index in [4.69, 9.17) is 9.26 Å². The lowest BCUT2D eigenvalue weighted by Crippen LogP contribution is -2.27. The van der Waals surface area contributed by atoms with Gasteiger partial charge in [0.05, 0.1) is 19.3 Å². The molecule has 130 valence electrons. The highest BCUT2D eigenvalue weighted by Gasteiger charge is 2.24. The molecule has 0 spiro atoms. The van der Waals surface area contributed by atoms with Crippen LogP contribution in [-0.4, -0.2) is 35.1 Å². The molecule has 0 bridgehead atoms. The standard InChI is InChI=1S/C18H25N3O3/c1-11-9-19-14(12(2)16(11)23-7)10-21(6)17(22)13-8-15(24-20-13)18(3,4)5/h8-9H,10H2,1-7H3. The van der Waals surface area contributed by atoms with Gasteiger partial charge in [0.25, 0.3) is 5.91 Å². The minimum Gasteiger partial charge on any atom is -0.496 e. The fourth-order valence-corrected chi connectivity index (χ4v) is 2.45. The van der Waals surface area contributed by atoms with Crippen LogP contribution in [-0.2, 0) is 12.0 Å². The quantitative estimate of drug-likeness (QED) is 0.860. The van der Waals surface area contributed by atoms with E-state index in [0.29, 0.717) is 18.0 Å². The van der Waals surface area contributed by atoms with Gasteiger partial charge in [-0.05, 0) is 13.8 Å². The van der Waals surface area contributed by atoms with Gasteiger partial charge in [0.2, 0.25) is 0 Å². The molecule has 0 fully saturated rings. The zero-order chi connectivity index (χ0) is 18.1. The summed E-state index contributed by atoms with van der Waals surface area (Å²) >= 11 is 0. The predicted octanol–water partition coefficient (Wildman–Crippen LogP) is 3.26. The topological polar surface area (TPSA) is 68.5 Å². The predicted molar refractivity (Wildman–Crippen MR) is 91.3 cm³/mol. The molecule has 0 aromatic carbocycles. The molecule has 2 heterocycles. The van der Waals surface area contributed by atoms with E-state index in [1.165, 1.54) is 0 Å². The third kappa shape index (κ3) is 3.58. The molecule has 6 heteroatoms. The Bertz CT molecular complexity index is 744. The van der Waals surface area contributed by atoms with E-state index >= 15 is 0 Å². The number of pyridine rings is 1. The average Bonchev–Trinajstić information content (AvgIpc) is 3.00. The highest BCUT2D eigenvalue weighted by Crippen LogP contribution is 2.26. The fourth-order valence-electron chi connectivity index (χ4n) is 2.45. The zero-order valence-electron chi connectivity index (χ0n) is 15.4. The van der Waals surface area contributed by atoms with Crippen LogP contribution in [0.4, 0.5) is 0 Å². The number of carbonyl (C=O) groups excluding carboxylic acids is 1. The van der Waals surface area contributed by atoms with Crippen molar-refractivity contribution in [2.45, 2.75) is 46.6 Å². The van der Waals surface area contributed by atoms with Crippen LogP contribution in [0.5, 0.6) is 5.75 Å². The van der Waals surface area contributed by atoms with Crippen molar-refractivity contribution in [1.82, 2.24) is 15.0 Å². The van der Waals surface area contributed by atoms with Crippen molar-refractivity contribution in [3.8, 4) is 5.75 Å². The van der Waals surface area contributed by atoms with Gasteiger partial charge in [-0.25, -0.2) is 0 Å². The molecule has 0 aliphatic rings. The minimum atomic E-state index is -0.199. The summed E-state index contributed by atoms with van der Waals surface area (Å²) in [5.74, 6) is 1.29. The maximum absolute atomic E-state index is 12.6. The van der Waals surface area contributed by atoms with Gasteiger partial charge in [-0.1, -0.05) is 25.9 Å². The normalized spacial score (nSPS) is 11.5. The monoisotopic (exact) mass is 331 g/mol. The van der Waals surface area contributed by atoms with Crippen LogP contribution in [0.3, 0.4) is 0 Å². The Labute approximate surface area is 142 Å². The second-order valence-corrected chi connectivity index (χ2v) is 7.03. The second kappa shape index (κ2) is 6.63. The first-order valence-corrected chi connectivity index (χ1v) is 7.87. The maximum atomic E-state index is 12.6. The first-order chi connectivity index (χ1) is 11.1. The molecule has 0 aliphatic carbocycles. The summed E-state index contributed by atoms with van der Waals surface area (Å²) in [6.07, 6.45) is 1.76. The Kier molecular flexibility index (Phi) is 4.96. The number of hydrogen-bond acceptors (Lipinski definition) is 5. The number of methoxy groups -OCH3 is 1. The Morgan fingerprint density at radius 3 is 2.54 bits per heavy atom. The molecule has 0 saturated carbocycles. The first kappa shape index (κ1) is 18.0. The number of nitrogens with zero attached hydrogens (tertiary/aromatic N) is 3. The van der Waals surface area contributed by atoms with Crippen LogP contribution in [0.15, 0.2) is 16.8 Å². The van der Waals surface area contributed by atoms with E-state index in [-0.39, 0.29) is 11.3 Å². The molecule has 24 heavy (non-hydrogen) atoms. The third-order valence-electron chi connectivity index (χ3n) is 3.95. The first-order valence-electron chi connectivity index (χ1n) is 7.87. The SMILES string of the molecule is COc1c(C)cnc(CN(C)C(=O)c2cc(C(C)(C)C)on2)c1C. The molecule has 2 rings (SSSR count). The number of hydrogen-bond donors (Lipinski definition) is 0. The summed E-state index contributed by atoms with van der Waals surface area (Å²) in [5, 5.41) is 3.90. The summed E-state index contributed by atoms with van der Waals surface area (Å²) in [6.45, 7) is 10.3. The molecule has 0 radical (unpaired) electrons. The lowest BCUT2D eigenvalue weighted by molar-refractivity contribution is 0.0772. The molecular weight excluding hydrogens is 306 g/mol. The van der Waals surface area contributed by atoms with Gasteiger partial charge in [0, 0.05) is 35.9 Å². The average molecular weight is 331 g/mol. The molecule has 2 aromatic heterocycles. The highest BCUT2D eigenvalue weighted by atomic mass is 16.5. The van der Waals surface area contributed by atoms with E-state index in [1.54, 1.807) is 31.3 Å². The van der Waals surface area contributed by atoms with E-state index in [0.717, 1.165) is 22.6 Å². The molecule has 0 aliphatic heterocycles. The summed E-state index contributed by atoms with van der Waals surface area (Å²) in [5.41, 5.74) is 2.82. The highest BCUT2D eigenvalue weighted by molar-refractivity contribution is 5.92. The van der Waals surface area contributed by atoms with Crippen molar-refractivity contribution in [3.05, 3.63) is 40.5 Å². The minimum absolute atomic E-state index is 0.188. The van der Waals surface area contributed by atoms with Gasteiger partial charge in [0.1, 0.15) is 11.5 Å². The van der Waals surface area contributed by atoms with Crippen LogP contribution in [0.2, 0.25) is 0 Å². The number of aromatic nitrogens is 2. The van der Waals surface area contributed by atoms with Gasteiger partial charge in [-0.15, -0.1) is 0 Å². The number of carbonyl (C=O) groups is 1. The summed E-state index contributed by atoms with van der Waals surface area (Å²) in [6, 6.07) is 1.70. The lowest BCUT2D eigenvalue weighted by atomic mass is 9.93. The molecule has 2 aromatic rings. The molecule has 0 unspecified atom stereocenters. The van der Waals surface area contributed by atoms with Crippen molar-refractivity contribution >= 4 is 5.91 Å². The lowest BCUT2D eigenvalue weighted by Gasteiger charge is -2.18. The molecule has 0 N–H and O–H groups in total. The number of rotatable bonds is 4. The largest absolute Gasteiger partial charge is 0.496 e. The van der Waals surface area contributed by atoms with E-state index < -0.39 is 0 Å². The van der Waals surface area contributed by atoms with Gasteiger partial charge in [-0.3, -0.25) is 9.78 Å².